The summed E-state index contributed by atoms with van der Waals surface area (Å²) in [6, 6.07) is 1.76. The molecule has 1 amide bonds. The molecule has 9 nitrogen and oxygen atoms in total. The molecule has 0 bridgehead atoms. The molecule has 3 aromatic rings. The molecule has 0 spiro atoms. The van der Waals surface area contributed by atoms with Gasteiger partial charge in [0.25, 0.3) is 11.7 Å². The number of fused-ring (bicyclic) bond motifs is 2. The van der Waals surface area contributed by atoms with Gasteiger partial charge in [0.2, 0.25) is 0 Å². The zero-order chi connectivity index (χ0) is 16.7. The van der Waals surface area contributed by atoms with Crippen LogP contribution in [0.2, 0.25) is 0 Å². The fraction of sp³-hybridized carbons (Fsp3) is 0.467. The van der Waals surface area contributed by atoms with E-state index in [1.165, 1.54) is 6.33 Å². The highest BCUT2D eigenvalue weighted by molar-refractivity contribution is 5.92. The van der Waals surface area contributed by atoms with Gasteiger partial charge in [-0.05, 0) is 18.4 Å². The van der Waals surface area contributed by atoms with Crippen LogP contribution in [0.15, 0.2) is 12.4 Å². The molecule has 1 aliphatic heterocycles. The van der Waals surface area contributed by atoms with Gasteiger partial charge >= 0.3 is 0 Å². The number of rotatable bonds is 4. The van der Waals surface area contributed by atoms with Crippen LogP contribution in [-0.4, -0.2) is 40.3 Å². The molecule has 3 aromatic heterocycles. The Balaban J connectivity index is 1.56. The summed E-state index contributed by atoms with van der Waals surface area (Å²) in [7, 11) is 0. The van der Waals surface area contributed by atoms with Crippen molar-refractivity contribution in [3.63, 3.8) is 0 Å². The SMILES string of the molecule is CC(C)c1cc(C(=O)NCc2nnc3n2CCC3)nc2ncnn12. The van der Waals surface area contributed by atoms with Gasteiger partial charge in [0.15, 0.2) is 5.82 Å². The molecule has 0 saturated carbocycles. The van der Waals surface area contributed by atoms with E-state index in [0.29, 0.717) is 18.0 Å². The number of nitrogens with zero attached hydrogens (tertiary/aromatic N) is 7. The molecule has 0 saturated heterocycles. The molecule has 0 fully saturated rings. The first-order valence-electron chi connectivity index (χ1n) is 8.03. The topological polar surface area (TPSA) is 103 Å². The van der Waals surface area contributed by atoms with Crippen molar-refractivity contribution in [1.29, 1.82) is 0 Å². The largest absolute Gasteiger partial charge is 0.343 e. The molecule has 9 heteroatoms. The predicted molar refractivity (Wildman–Crippen MR) is 84.4 cm³/mol. The predicted octanol–water partition coefficient (Wildman–Crippen LogP) is 0.715. The summed E-state index contributed by atoms with van der Waals surface area (Å²) >= 11 is 0. The standard InChI is InChI=1S/C15H18N8O/c1-9(2)11-6-10(19-15-17-8-18-23(11)15)14(24)16-7-13-21-20-12-4-3-5-22(12)13/h6,8-9H,3-5,7H2,1-2H3,(H,16,24). The fourth-order valence-corrected chi connectivity index (χ4v) is 2.95. The van der Waals surface area contributed by atoms with Crippen LogP contribution in [0.5, 0.6) is 0 Å². The van der Waals surface area contributed by atoms with Gasteiger partial charge in [0.05, 0.1) is 12.2 Å². The van der Waals surface area contributed by atoms with E-state index >= 15 is 0 Å². The van der Waals surface area contributed by atoms with E-state index in [0.717, 1.165) is 36.7 Å². The summed E-state index contributed by atoms with van der Waals surface area (Å²) in [5.41, 5.74) is 1.23. The Hall–Kier alpha value is -2.84. The first-order chi connectivity index (χ1) is 11.6. The van der Waals surface area contributed by atoms with Gasteiger partial charge in [-0.25, -0.2) is 9.50 Å². The van der Waals surface area contributed by atoms with Gasteiger partial charge < -0.3 is 9.88 Å². The van der Waals surface area contributed by atoms with E-state index < -0.39 is 0 Å². The summed E-state index contributed by atoms with van der Waals surface area (Å²) in [5.74, 6) is 2.14. The summed E-state index contributed by atoms with van der Waals surface area (Å²) in [6.45, 7) is 5.33. The molecule has 0 atom stereocenters. The molecule has 24 heavy (non-hydrogen) atoms. The number of carbonyl (C=O) groups excluding carboxylic acids is 1. The molecular formula is C15H18N8O. The maximum absolute atomic E-state index is 12.5. The van der Waals surface area contributed by atoms with Crippen LogP contribution in [0.25, 0.3) is 5.78 Å². The summed E-state index contributed by atoms with van der Waals surface area (Å²) in [6.07, 6.45) is 3.47. The molecule has 1 N–H and O–H groups in total. The minimum atomic E-state index is -0.252. The van der Waals surface area contributed by atoms with E-state index in [-0.39, 0.29) is 11.8 Å². The molecule has 0 aliphatic carbocycles. The molecule has 0 unspecified atom stereocenters. The maximum atomic E-state index is 12.5. The number of hydrogen-bond donors (Lipinski definition) is 1. The summed E-state index contributed by atoms with van der Waals surface area (Å²) < 4.78 is 3.72. The lowest BCUT2D eigenvalue weighted by molar-refractivity contribution is 0.0944. The number of hydrogen-bond acceptors (Lipinski definition) is 6. The second-order valence-corrected chi connectivity index (χ2v) is 6.16. The first-order valence-corrected chi connectivity index (χ1v) is 8.03. The number of aromatic nitrogens is 7. The lowest BCUT2D eigenvalue weighted by atomic mass is 10.1. The number of nitrogens with one attached hydrogen (secondary N) is 1. The number of aryl methyl sites for hydroxylation is 1. The summed E-state index contributed by atoms with van der Waals surface area (Å²) in [5, 5.41) is 15.3. The Kier molecular flexibility index (Phi) is 3.47. The van der Waals surface area contributed by atoms with E-state index in [2.05, 4.69) is 35.1 Å². The van der Waals surface area contributed by atoms with Crippen molar-refractivity contribution in [3.8, 4) is 0 Å². The molecule has 0 radical (unpaired) electrons. The maximum Gasteiger partial charge on any atom is 0.270 e. The van der Waals surface area contributed by atoms with Crippen LogP contribution >= 0.6 is 0 Å². The minimum Gasteiger partial charge on any atom is -0.343 e. The highest BCUT2D eigenvalue weighted by Gasteiger charge is 2.19. The Bertz CT molecular complexity index is 909. The average molecular weight is 326 g/mol. The Morgan fingerprint density at radius 2 is 2.25 bits per heavy atom. The third-order valence-corrected chi connectivity index (χ3v) is 4.20. The zero-order valence-electron chi connectivity index (χ0n) is 13.6. The molecular weight excluding hydrogens is 308 g/mol. The summed E-state index contributed by atoms with van der Waals surface area (Å²) in [4.78, 5) is 20.9. The molecule has 0 aromatic carbocycles. The highest BCUT2D eigenvalue weighted by atomic mass is 16.1. The van der Waals surface area contributed by atoms with Crippen molar-refractivity contribution in [3.05, 3.63) is 35.4 Å². The molecule has 4 heterocycles. The van der Waals surface area contributed by atoms with Crippen LogP contribution in [0.1, 0.15) is 54.0 Å². The second-order valence-electron chi connectivity index (χ2n) is 6.16. The van der Waals surface area contributed by atoms with Crippen LogP contribution in [0.4, 0.5) is 0 Å². The smallest absolute Gasteiger partial charge is 0.270 e. The lowest BCUT2D eigenvalue weighted by Gasteiger charge is -2.10. The van der Waals surface area contributed by atoms with Crippen molar-refractivity contribution in [2.75, 3.05) is 0 Å². The van der Waals surface area contributed by atoms with Crippen LogP contribution in [-0.2, 0) is 19.5 Å². The molecule has 1 aliphatic rings. The van der Waals surface area contributed by atoms with Crippen molar-refractivity contribution in [1.82, 2.24) is 39.7 Å². The van der Waals surface area contributed by atoms with E-state index in [9.17, 15) is 4.79 Å². The van der Waals surface area contributed by atoms with E-state index in [1.807, 2.05) is 13.8 Å². The van der Waals surface area contributed by atoms with E-state index in [1.54, 1.807) is 10.6 Å². The van der Waals surface area contributed by atoms with Gasteiger partial charge in [0, 0.05) is 13.0 Å². The van der Waals surface area contributed by atoms with Crippen molar-refractivity contribution < 1.29 is 4.79 Å². The minimum absolute atomic E-state index is 0.198. The van der Waals surface area contributed by atoms with Crippen LogP contribution < -0.4 is 5.32 Å². The highest BCUT2D eigenvalue weighted by Crippen LogP contribution is 2.16. The van der Waals surface area contributed by atoms with Crippen LogP contribution in [0, 0.1) is 0 Å². The monoisotopic (exact) mass is 326 g/mol. The fourth-order valence-electron chi connectivity index (χ4n) is 2.95. The Morgan fingerprint density at radius 3 is 3.08 bits per heavy atom. The zero-order valence-corrected chi connectivity index (χ0v) is 13.6. The lowest BCUT2D eigenvalue weighted by Crippen LogP contribution is -2.26. The second kappa shape index (κ2) is 5.66. The van der Waals surface area contributed by atoms with Gasteiger partial charge in [-0.3, -0.25) is 4.79 Å². The van der Waals surface area contributed by atoms with E-state index in [4.69, 9.17) is 0 Å². The first kappa shape index (κ1) is 14.7. The third-order valence-electron chi connectivity index (χ3n) is 4.20. The number of carbonyl (C=O) groups is 1. The Labute approximate surface area is 138 Å². The van der Waals surface area contributed by atoms with Gasteiger partial charge in [-0.15, -0.1) is 10.2 Å². The number of amides is 1. The van der Waals surface area contributed by atoms with Gasteiger partial charge in [-0.2, -0.15) is 10.1 Å². The molecule has 124 valence electrons. The quantitative estimate of drug-likeness (QED) is 0.757. The Morgan fingerprint density at radius 1 is 1.38 bits per heavy atom. The van der Waals surface area contributed by atoms with Crippen molar-refractivity contribution in [2.24, 2.45) is 0 Å². The van der Waals surface area contributed by atoms with Gasteiger partial charge in [-0.1, -0.05) is 13.8 Å². The normalized spacial score (nSPS) is 13.6. The van der Waals surface area contributed by atoms with Crippen LogP contribution in [0.3, 0.4) is 0 Å². The van der Waals surface area contributed by atoms with Crippen molar-refractivity contribution in [2.45, 2.75) is 45.7 Å². The third kappa shape index (κ3) is 2.41. The van der Waals surface area contributed by atoms with Crippen molar-refractivity contribution >= 4 is 11.7 Å². The average Bonchev–Trinajstić information content (AvgIpc) is 3.27. The molecule has 4 rings (SSSR count). The van der Waals surface area contributed by atoms with Gasteiger partial charge in [0.1, 0.15) is 17.8 Å².